The van der Waals surface area contributed by atoms with Gasteiger partial charge in [-0.05, 0) is 37.1 Å². The van der Waals surface area contributed by atoms with Crippen LogP contribution in [0.1, 0.15) is 20.3 Å². The van der Waals surface area contributed by atoms with Crippen molar-refractivity contribution in [1.29, 1.82) is 0 Å². The molecule has 1 N–H and O–H groups in total. The lowest BCUT2D eigenvalue weighted by Crippen LogP contribution is -2.35. The molecule has 0 spiro atoms. The molecule has 138 valence electrons. The summed E-state index contributed by atoms with van der Waals surface area (Å²) in [6, 6.07) is 11.4. The SMILES string of the molecule is CC[C@@H](C)NC(=O)COc1ccc([N+](=O)[O-])cc1-c1ccc(OC)cc1. The Kier molecular flexibility index (Phi) is 6.54. The Hall–Kier alpha value is -3.09. The first-order valence-corrected chi connectivity index (χ1v) is 8.29. The fourth-order valence-electron chi connectivity index (χ4n) is 2.32. The second-order valence-corrected chi connectivity index (χ2v) is 5.83. The molecule has 0 unspecified atom stereocenters. The van der Waals surface area contributed by atoms with E-state index < -0.39 is 4.92 Å². The summed E-state index contributed by atoms with van der Waals surface area (Å²) in [5, 5.41) is 13.9. The van der Waals surface area contributed by atoms with Crippen LogP contribution in [-0.2, 0) is 4.79 Å². The normalized spacial score (nSPS) is 11.5. The van der Waals surface area contributed by atoms with Crippen molar-refractivity contribution in [3.63, 3.8) is 0 Å². The molecule has 7 heteroatoms. The van der Waals surface area contributed by atoms with Gasteiger partial charge in [-0.3, -0.25) is 14.9 Å². The lowest BCUT2D eigenvalue weighted by molar-refractivity contribution is -0.384. The van der Waals surface area contributed by atoms with E-state index >= 15 is 0 Å². The molecule has 26 heavy (non-hydrogen) atoms. The molecule has 2 aromatic rings. The largest absolute Gasteiger partial charge is 0.497 e. The molecule has 1 amide bonds. The highest BCUT2D eigenvalue weighted by Gasteiger charge is 2.15. The average Bonchev–Trinajstić information content (AvgIpc) is 2.66. The molecule has 0 aliphatic rings. The number of nitro groups is 1. The number of ether oxygens (including phenoxy) is 2. The van der Waals surface area contributed by atoms with Crippen LogP contribution in [0.4, 0.5) is 5.69 Å². The van der Waals surface area contributed by atoms with Gasteiger partial charge in [-0.1, -0.05) is 19.1 Å². The number of carbonyl (C=O) groups excluding carboxylic acids is 1. The third kappa shape index (κ3) is 4.95. The van der Waals surface area contributed by atoms with Gasteiger partial charge in [0.25, 0.3) is 11.6 Å². The van der Waals surface area contributed by atoms with Crippen LogP contribution in [0.5, 0.6) is 11.5 Å². The fraction of sp³-hybridized carbons (Fsp3) is 0.316. The van der Waals surface area contributed by atoms with Crippen molar-refractivity contribution in [3.05, 3.63) is 52.6 Å². The van der Waals surface area contributed by atoms with Gasteiger partial charge in [-0.15, -0.1) is 0 Å². The minimum atomic E-state index is -0.466. The van der Waals surface area contributed by atoms with Gasteiger partial charge < -0.3 is 14.8 Å². The molecule has 2 rings (SSSR count). The molecule has 0 fully saturated rings. The van der Waals surface area contributed by atoms with E-state index in [0.29, 0.717) is 17.1 Å². The highest BCUT2D eigenvalue weighted by atomic mass is 16.6. The number of carbonyl (C=O) groups is 1. The van der Waals surface area contributed by atoms with Gasteiger partial charge in [0.2, 0.25) is 0 Å². The van der Waals surface area contributed by atoms with E-state index in [4.69, 9.17) is 9.47 Å². The Bertz CT molecular complexity index is 774. The van der Waals surface area contributed by atoms with Crippen molar-refractivity contribution in [2.24, 2.45) is 0 Å². The molecule has 7 nitrogen and oxygen atoms in total. The lowest BCUT2D eigenvalue weighted by atomic mass is 10.0. The van der Waals surface area contributed by atoms with Crippen LogP contribution in [0, 0.1) is 10.1 Å². The minimum Gasteiger partial charge on any atom is -0.497 e. The van der Waals surface area contributed by atoms with Crippen molar-refractivity contribution in [3.8, 4) is 22.6 Å². The molecular weight excluding hydrogens is 336 g/mol. The maximum atomic E-state index is 11.9. The van der Waals surface area contributed by atoms with Gasteiger partial charge in [0, 0.05) is 23.7 Å². The Morgan fingerprint density at radius 2 is 1.92 bits per heavy atom. The van der Waals surface area contributed by atoms with E-state index in [1.54, 1.807) is 31.4 Å². The smallest absolute Gasteiger partial charge is 0.270 e. The molecule has 0 bridgehead atoms. The topological polar surface area (TPSA) is 90.7 Å². The molecule has 1 atom stereocenters. The summed E-state index contributed by atoms with van der Waals surface area (Å²) < 4.78 is 10.8. The summed E-state index contributed by atoms with van der Waals surface area (Å²) in [7, 11) is 1.56. The highest BCUT2D eigenvalue weighted by Crippen LogP contribution is 2.34. The van der Waals surface area contributed by atoms with Gasteiger partial charge >= 0.3 is 0 Å². The Morgan fingerprint density at radius 3 is 2.50 bits per heavy atom. The van der Waals surface area contributed by atoms with Crippen LogP contribution in [0.3, 0.4) is 0 Å². The molecule has 0 radical (unpaired) electrons. The zero-order valence-corrected chi connectivity index (χ0v) is 15.0. The predicted octanol–water partition coefficient (Wildman–Crippen LogP) is 3.56. The van der Waals surface area contributed by atoms with Gasteiger partial charge in [-0.2, -0.15) is 0 Å². The highest BCUT2D eigenvalue weighted by molar-refractivity contribution is 5.79. The van der Waals surface area contributed by atoms with Gasteiger partial charge in [0.1, 0.15) is 11.5 Å². The van der Waals surface area contributed by atoms with Crippen molar-refractivity contribution >= 4 is 11.6 Å². The number of amides is 1. The number of hydrogen-bond acceptors (Lipinski definition) is 5. The van der Waals surface area contributed by atoms with E-state index in [-0.39, 0.29) is 24.2 Å². The van der Waals surface area contributed by atoms with Crippen molar-refractivity contribution in [1.82, 2.24) is 5.32 Å². The summed E-state index contributed by atoms with van der Waals surface area (Å²) in [6.07, 6.45) is 0.820. The molecule has 0 saturated carbocycles. The maximum Gasteiger partial charge on any atom is 0.270 e. The number of rotatable bonds is 8. The van der Waals surface area contributed by atoms with Crippen LogP contribution < -0.4 is 14.8 Å². The van der Waals surface area contributed by atoms with Crippen molar-refractivity contribution < 1.29 is 19.2 Å². The standard InChI is InChI=1S/C19H22N2O5/c1-4-13(2)20-19(22)12-26-18-10-7-15(21(23)24)11-17(18)14-5-8-16(25-3)9-6-14/h5-11,13H,4,12H2,1-3H3,(H,20,22)/t13-/m1/s1. The van der Waals surface area contributed by atoms with Crippen LogP contribution >= 0.6 is 0 Å². The Labute approximate surface area is 152 Å². The Balaban J connectivity index is 2.27. The van der Waals surface area contributed by atoms with Crippen LogP contribution in [0.25, 0.3) is 11.1 Å². The maximum absolute atomic E-state index is 11.9. The zero-order valence-electron chi connectivity index (χ0n) is 15.0. The number of methoxy groups -OCH3 is 1. The monoisotopic (exact) mass is 358 g/mol. The first-order valence-electron chi connectivity index (χ1n) is 8.29. The first kappa shape index (κ1) is 19.2. The zero-order chi connectivity index (χ0) is 19.1. The average molecular weight is 358 g/mol. The van der Waals surface area contributed by atoms with Crippen molar-refractivity contribution in [2.75, 3.05) is 13.7 Å². The third-order valence-electron chi connectivity index (χ3n) is 3.95. The number of nitro benzene ring substituents is 1. The number of benzene rings is 2. The molecule has 0 heterocycles. The van der Waals surface area contributed by atoms with Gasteiger partial charge in [0.15, 0.2) is 6.61 Å². The molecule has 0 aromatic heterocycles. The molecule has 0 saturated heterocycles. The summed E-state index contributed by atoms with van der Waals surface area (Å²) in [6.45, 7) is 3.72. The lowest BCUT2D eigenvalue weighted by Gasteiger charge is -2.14. The summed E-state index contributed by atoms with van der Waals surface area (Å²) >= 11 is 0. The van der Waals surface area contributed by atoms with E-state index in [2.05, 4.69) is 5.32 Å². The van der Waals surface area contributed by atoms with Crippen LogP contribution in [0.2, 0.25) is 0 Å². The fourth-order valence-corrected chi connectivity index (χ4v) is 2.32. The van der Waals surface area contributed by atoms with E-state index in [9.17, 15) is 14.9 Å². The van der Waals surface area contributed by atoms with Crippen LogP contribution in [-0.4, -0.2) is 30.6 Å². The number of nitrogens with zero attached hydrogens (tertiary/aromatic N) is 1. The minimum absolute atomic E-state index is 0.0489. The first-order chi connectivity index (χ1) is 12.4. The van der Waals surface area contributed by atoms with Gasteiger partial charge in [-0.25, -0.2) is 0 Å². The second kappa shape index (κ2) is 8.84. The number of non-ortho nitro benzene ring substituents is 1. The van der Waals surface area contributed by atoms with E-state index in [1.165, 1.54) is 18.2 Å². The molecule has 2 aromatic carbocycles. The summed E-state index contributed by atoms with van der Waals surface area (Å²) in [4.78, 5) is 22.6. The van der Waals surface area contributed by atoms with Crippen molar-refractivity contribution in [2.45, 2.75) is 26.3 Å². The number of hydrogen-bond donors (Lipinski definition) is 1. The van der Waals surface area contributed by atoms with Gasteiger partial charge in [0.05, 0.1) is 12.0 Å². The summed E-state index contributed by atoms with van der Waals surface area (Å²) in [5.74, 6) is 0.841. The second-order valence-electron chi connectivity index (χ2n) is 5.83. The molecule has 0 aliphatic heterocycles. The van der Waals surface area contributed by atoms with Crippen LogP contribution in [0.15, 0.2) is 42.5 Å². The summed E-state index contributed by atoms with van der Waals surface area (Å²) in [5.41, 5.74) is 1.22. The molecule has 0 aliphatic carbocycles. The molecular formula is C19H22N2O5. The quantitative estimate of drug-likeness (QED) is 0.575. The third-order valence-corrected chi connectivity index (χ3v) is 3.95. The Morgan fingerprint density at radius 1 is 1.23 bits per heavy atom. The number of nitrogens with one attached hydrogen (secondary N) is 1. The van der Waals surface area contributed by atoms with E-state index in [0.717, 1.165) is 12.0 Å². The van der Waals surface area contributed by atoms with E-state index in [1.807, 2.05) is 13.8 Å². The predicted molar refractivity (Wildman–Crippen MR) is 98.5 cm³/mol.